The van der Waals surface area contributed by atoms with Gasteiger partial charge in [-0.3, -0.25) is 9.59 Å². The zero-order valence-corrected chi connectivity index (χ0v) is 16.4. The van der Waals surface area contributed by atoms with Crippen LogP contribution in [0.1, 0.15) is 24.8 Å². The number of nitrogens with one attached hydrogen (secondary N) is 1. The van der Waals surface area contributed by atoms with Crippen molar-refractivity contribution in [1.82, 2.24) is 14.9 Å². The van der Waals surface area contributed by atoms with E-state index in [0.717, 1.165) is 36.7 Å². The van der Waals surface area contributed by atoms with Crippen LogP contribution < -0.4 is 10.1 Å². The van der Waals surface area contributed by atoms with Gasteiger partial charge in [0.1, 0.15) is 11.0 Å². The maximum atomic E-state index is 11.7. The highest BCUT2D eigenvalue weighted by Crippen LogP contribution is 2.22. The van der Waals surface area contributed by atoms with Gasteiger partial charge in [-0.05, 0) is 25.0 Å². The molecule has 10 heteroatoms. The van der Waals surface area contributed by atoms with Crippen LogP contribution in [-0.2, 0) is 16.1 Å². The van der Waals surface area contributed by atoms with Gasteiger partial charge >= 0.3 is 5.97 Å². The quantitative estimate of drug-likeness (QED) is 0.349. The van der Waals surface area contributed by atoms with Crippen molar-refractivity contribution in [3.8, 4) is 5.75 Å². The number of amides is 1. The van der Waals surface area contributed by atoms with Crippen molar-refractivity contribution in [2.75, 3.05) is 6.61 Å². The van der Waals surface area contributed by atoms with E-state index in [9.17, 15) is 9.59 Å². The Bertz CT molecular complexity index is 898. The third kappa shape index (κ3) is 6.46. The van der Waals surface area contributed by atoms with Crippen LogP contribution in [0.2, 0.25) is 0 Å². The van der Waals surface area contributed by atoms with Gasteiger partial charge in [-0.2, -0.15) is 5.10 Å². The van der Waals surface area contributed by atoms with E-state index in [1.54, 1.807) is 18.7 Å². The number of carbonyl (C=O) groups excluding carboxylic acids is 1. The van der Waals surface area contributed by atoms with Gasteiger partial charge in [0.05, 0.1) is 25.6 Å². The molecule has 152 valence electrons. The molecule has 1 amide bonds. The van der Waals surface area contributed by atoms with E-state index < -0.39 is 11.2 Å². The number of aliphatic carboxylic acids is 1. The molecule has 0 radical (unpaired) electrons. The molecule has 0 spiro atoms. The van der Waals surface area contributed by atoms with E-state index >= 15 is 0 Å². The number of carbonyl (C=O) groups is 2. The normalized spacial score (nSPS) is 17.7. The Morgan fingerprint density at radius 3 is 3.03 bits per heavy atom. The van der Waals surface area contributed by atoms with E-state index in [0.29, 0.717) is 12.4 Å². The topological polar surface area (TPSA) is 118 Å². The van der Waals surface area contributed by atoms with Crippen LogP contribution in [0.3, 0.4) is 0 Å². The van der Waals surface area contributed by atoms with E-state index in [4.69, 9.17) is 9.84 Å². The number of hydrogen-bond donors (Lipinski definition) is 2. The Hall–Kier alpha value is -3.14. The number of ether oxygens (including phenoxy) is 1. The minimum Gasteiger partial charge on any atom is -0.493 e. The van der Waals surface area contributed by atoms with Gasteiger partial charge < -0.3 is 19.7 Å². The van der Waals surface area contributed by atoms with Crippen molar-refractivity contribution < 1.29 is 19.4 Å². The SMILES string of the molecule is O=C(O)CC1SC(=NN=Cc2ccccc2OCCCCn2ccnc2)NC1=O. The number of imidazole rings is 1. The predicted molar refractivity (Wildman–Crippen MR) is 110 cm³/mol. The zero-order chi connectivity index (χ0) is 20.5. The maximum Gasteiger partial charge on any atom is 0.305 e. The summed E-state index contributed by atoms with van der Waals surface area (Å²) in [6, 6.07) is 7.47. The number of unbranched alkanes of at least 4 members (excludes halogenated alkanes) is 1. The summed E-state index contributed by atoms with van der Waals surface area (Å²) in [5, 5.41) is 18.9. The summed E-state index contributed by atoms with van der Waals surface area (Å²) in [7, 11) is 0. The molecule has 9 nitrogen and oxygen atoms in total. The summed E-state index contributed by atoms with van der Waals surface area (Å²) >= 11 is 1.06. The van der Waals surface area contributed by atoms with Crippen LogP contribution in [0.5, 0.6) is 5.75 Å². The maximum absolute atomic E-state index is 11.7. The summed E-state index contributed by atoms with van der Waals surface area (Å²) in [6.07, 6.45) is 8.67. The molecular weight excluding hydrogens is 394 g/mol. The largest absolute Gasteiger partial charge is 0.493 e. The van der Waals surface area contributed by atoms with Crippen LogP contribution >= 0.6 is 11.8 Å². The van der Waals surface area contributed by atoms with Gasteiger partial charge in [0, 0.05) is 24.5 Å². The van der Waals surface area contributed by atoms with Crippen molar-refractivity contribution in [3.63, 3.8) is 0 Å². The highest BCUT2D eigenvalue weighted by molar-refractivity contribution is 8.15. The summed E-state index contributed by atoms with van der Waals surface area (Å²) in [5.41, 5.74) is 0.767. The molecule has 2 N–H and O–H groups in total. The average Bonchev–Trinajstić information content (AvgIpc) is 3.32. The van der Waals surface area contributed by atoms with Crippen molar-refractivity contribution in [1.29, 1.82) is 0 Å². The molecule has 1 saturated heterocycles. The molecule has 0 saturated carbocycles. The van der Waals surface area contributed by atoms with Crippen LogP contribution in [0, 0.1) is 0 Å². The van der Waals surface area contributed by atoms with Gasteiger partial charge in [-0.25, -0.2) is 4.98 Å². The first-order valence-corrected chi connectivity index (χ1v) is 9.97. The molecular formula is C19H21N5O4S. The fraction of sp³-hybridized carbons (Fsp3) is 0.316. The number of amidine groups is 1. The smallest absolute Gasteiger partial charge is 0.305 e. The fourth-order valence-electron chi connectivity index (χ4n) is 2.60. The molecule has 0 aliphatic carbocycles. The second-order valence-electron chi connectivity index (χ2n) is 6.24. The molecule has 1 atom stereocenters. The highest BCUT2D eigenvalue weighted by atomic mass is 32.2. The standard InChI is InChI=1S/C19H21N5O4S/c25-17(26)11-16-18(27)22-19(29-16)23-21-12-14-5-1-2-6-15(14)28-10-4-3-8-24-9-7-20-13-24/h1-2,5-7,9,12-13,16H,3-4,8,10-11H2,(H,25,26)(H,22,23,27). The number of aryl methyl sites for hydroxylation is 1. The number of rotatable bonds is 10. The number of carboxylic acid groups (broad SMARTS) is 1. The minimum atomic E-state index is -1.03. The van der Waals surface area contributed by atoms with E-state index in [1.165, 1.54) is 0 Å². The molecule has 0 bridgehead atoms. The van der Waals surface area contributed by atoms with Crippen molar-refractivity contribution in [3.05, 3.63) is 48.5 Å². The first-order chi connectivity index (χ1) is 14.1. The fourth-order valence-corrected chi connectivity index (χ4v) is 3.52. The molecule has 29 heavy (non-hydrogen) atoms. The van der Waals surface area contributed by atoms with Gasteiger partial charge in [0.2, 0.25) is 5.91 Å². The zero-order valence-electron chi connectivity index (χ0n) is 15.6. The van der Waals surface area contributed by atoms with E-state index in [1.807, 2.05) is 35.0 Å². The number of thioether (sulfide) groups is 1. The molecule has 2 aromatic rings. The summed E-state index contributed by atoms with van der Waals surface area (Å²) in [6.45, 7) is 1.48. The van der Waals surface area contributed by atoms with Crippen LogP contribution in [0.15, 0.2) is 53.2 Å². The molecule has 1 fully saturated rings. The Balaban J connectivity index is 1.49. The second kappa shape index (κ2) is 10.4. The van der Waals surface area contributed by atoms with Gasteiger partial charge in [0.25, 0.3) is 0 Å². The number of nitrogens with zero attached hydrogens (tertiary/aromatic N) is 4. The lowest BCUT2D eigenvalue weighted by atomic mass is 10.2. The molecule has 1 aliphatic rings. The number of para-hydroxylation sites is 1. The number of carboxylic acids is 1. The Morgan fingerprint density at radius 1 is 1.38 bits per heavy atom. The first kappa shape index (κ1) is 20.6. The molecule has 1 unspecified atom stereocenters. The second-order valence-corrected chi connectivity index (χ2v) is 7.43. The van der Waals surface area contributed by atoms with Crippen LogP contribution in [0.4, 0.5) is 0 Å². The molecule has 2 heterocycles. The molecule has 1 aliphatic heterocycles. The van der Waals surface area contributed by atoms with Crippen LogP contribution in [0.25, 0.3) is 0 Å². The average molecular weight is 415 g/mol. The third-order valence-electron chi connectivity index (χ3n) is 4.03. The number of aromatic nitrogens is 2. The Morgan fingerprint density at radius 2 is 2.24 bits per heavy atom. The van der Waals surface area contributed by atoms with E-state index in [-0.39, 0.29) is 17.5 Å². The van der Waals surface area contributed by atoms with Gasteiger partial charge in [-0.15, -0.1) is 5.10 Å². The first-order valence-electron chi connectivity index (χ1n) is 9.10. The molecule has 1 aromatic carbocycles. The number of benzene rings is 1. The Labute approximate surface area is 171 Å². The van der Waals surface area contributed by atoms with Gasteiger partial charge in [0.15, 0.2) is 5.17 Å². The highest BCUT2D eigenvalue weighted by Gasteiger charge is 2.32. The van der Waals surface area contributed by atoms with Crippen molar-refractivity contribution in [2.45, 2.75) is 31.1 Å². The van der Waals surface area contributed by atoms with Gasteiger partial charge in [-0.1, -0.05) is 23.9 Å². The van der Waals surface area contributed by atoms with Crippen LogP contribution in [-0.4, -0.2) is 49.8 Å². The predicted octanol–water partition coefficient (Wildman–Crippen LogP) is 2.14. The lowest BCUT2D eigenvalue weighted by molar-refractivity contribution is -0.138. The summed E-state index contributed by atoms with van der Waals surface area (Å²) in [5.74, 6) is -0.699. The van der Waals surface area contributed by atoms with Crippen molar-refractivity contribution >= 4 is 35.0 Å². The molecule has 1 aromatic heterocycles. The minimum absolute atomic E-state index is 0.253. The third-order valence-corrected chi connectivity index (χ3v) is 5.10. The van der Waals surface area contributed by atoms with E-state index in [2.05, 4.69) is 20.5 Å². The molecule has 3 rings (SSSR count). The summed E-state index contributed by atoms with van der Waals surface area (Å²) < 4.78 is 7.88. The Kier molecular flexibility index (Phi) is 7.40. The van der Waals surface area contributed by atoms with Crippen molar-refractivity contribution in [2.24, 2.45) is 10.2 Å². The number of hydrogen-bond acceptors (Lipinski definition) is 7. The lowest BCUT2D eigenvalue weighted by Gasteiger charge is -2.08. The monoisotopic (exact) mass is 415 g/mol. The summed E-state index contributed by atoms with van der Waals surface area (Å²) in [4.78, 5) is 26.5. The lowest BCUT2D eigenvalue weighted by Crippen LogP contribution is -2.26.